The number of rotatable bonds is 2. The Morgan fingerprint density at radius 3 is 3.12 bits per heavy atom. The average molecular weight is 219 g/mol. The van der Waals surface area contributed by atoms with Gasteiger partial charge in [-0.1, -0.05) is 6.07 Å². The second-order valence-electron chi connectivity index (χ2n) is 4.14. The van der Waals surface area contributed by atoms with Crippen LogP contribution in [0.25, 0.3) is 0 Å². The Labute approximate surface area is 95.8 Å². The Morgan fingerprint density at radius 1 is 1.50 bits per heavy atom. The molecule has 0 radical (unpaired) electrons. The van der Waals surface area contributed by atoms with Crippen molar-refractivity contribution in [1.29, 1.82) is 0 Å². The van der Waals surface area contributed by atoms with Crippen molar-refractivity contribution in [2.75, 3.05) is 6.61 Å². The Balaban J connectivity index is 2.04. The van der Waals surface area contributed by atoms with Gasteiger partial charge in [0.25, 0.3) is 0 Å². The van der Waals surface area contributed by atoms with E-state index in [9.17, 15) is 4.79 Å². The number of pyridine rings is 1. The zero-order chi connectivity index (χ0) is 11.4. The highest BCUT2D eigenvalue weighted by atomic mass is 16.5. The van der Waals surface area contributed by atoms with E-state index in [-0.39, 0.29) is 11.9 Å². The minimum Gasteiger partial charge on any atom is -0.466 e. The first-order chi connectivity index (χ1) is 7.81. The molecule has 1 aromatic heterocycles. The highest BCUT2D eigenvalue weighted by molar-refractivity contribution is 5.72. The van der Waals surface area contributed by atoms with Crippen molar-refractivity contribution in [3.63, 3.8) is 0 Å². The molecule has 1 atom stereocenters. The molecule has 16 heavy (non-hydrogen) atoms. The maximum absolute atomic E-state index is 11.7. The molecule has 3 nitrogen and oxygen atoms in total. The summed E-state index contributed by atoms with van der Waals surface area (Å²) in [6.45, 7) is 2.32. The number of fused-ring (bicyclic) bond motifs is 1. The molecule has 0 N–H and O–H groups in total. The van der Waals surface area contributed by atoms with Crippen LogP contribution in [0.3, 0.4) is 0 Å². The summed E-state index contributed by atoms with van der Waals surface area (Å²) in [5.41, 5.74) is 2.43. The molecule has 1 heterocycles. The molecule has 0 aliphatic heterocycles. The highest BCUT2D eigenvalue weighted by Crippen LogP contribution is 2.23. The predicted molar refractivity (Wildman–Crippen MR) is 61.0 cm³/mol. The lowest BCUT2D eigenvalue weighted by molar-refractivity contribution is -0.148. The smallest absolute Gasteiger partial charge is 0.308 e. The van der Waals surface area contributed by atoms with Crippen LogP contribution in [0.2, 0.25) is 0 Å². The van der Waals surface area contributed by atoms with Crippen molar-refractivity contribution in [2.45, 2.75) is 32.6 Å². The van der Waals surface area contributed by atoms with Crippen LogP contribution in [-0.4, -0.2) is 17.6 Å². The van der Waals surface area contributed by atoms with E-state index in [2.05, 4.69) is 11.1 Å². The van der Waals surface area contributed by atoms with Gasteiger partial charge in [0.2, 0.25) is 0 Å². The van der Waals surface area contributed by atoms with Gasteiger partial charge < -0.3 is 4.74 Å². The molecule has 3 heteroatoms. The van der Waals surface area contributed by atoms with Crippen molar-refractivity contribution in [1.82, 2.24) is 4.98 Å². The Morgan fingerprint density at radius 2 is 2.31 bits per heavy atom. The fourth-order valence-electron chi connectivity index (χ4n) is 2.20. The molecule has 86 valence electrons. The van der Waals surface area contributed by atoms with E-state index in [1.165, 1.54) is 5.56 Å². The van der Waals surface area contributed by atoms with E-state index in [0.29, 0.717) is 6.61 Å². The van der Waals surface area contributed by atoms with E-state index < -0.39 is 0 Å². The number of hydrogen-bond donors (Lipinski definition) is 0. The highest BCUT2D eigenvalue weighted by Gasteiger charge is 2.23. The topological polar surface area (TPSA) is 39.2 Å². The van der Waals surface area contributed by atoms with Gasteiger partial charge in [0.05, 0.1) is 12.5 Å². The van der Waals surface area contributed by atoms with Crippen molar-refractivity contribution in [3.8, 4) is 0 Å². The number of aryl methyl sites for hydroxylation is 2. The van der Waals surface area contributed by atoms with Crippen LogP contribution in [0.4, 0.5) is 0 Å². The monoisotopic (exact) mass is 219 g/mol. The first kappa shape index (κ1) is 11.1. The third kappa shape index (κ3) is 2.40. The number of ether oxygens (including phenoxy) is 1. The van der Waals surface area contributed by atoms with Crippen LogP contribution >= 0.6 is 0 Å². The van der Waals surface area contributed by atoms with Crippen molar-refractivity contribution in [2.24, 2.45) is 5.92 Å². The molecule has 1 aliphatic carbocycles. The summed E-state index contributed by atoms with van der Waals surface area (Å²) in [4.78, 5) is 16.0. The minimum absolute atomic E-state index is 0.0460. The molecule has 0 fully saturated rings. The van der Waals surface area contributed by atoms with Gasteiger partial charge in [-0.3, -0.25) is 9.78 Å². The van der Waals surface area contributed by atoms with Gasteiger partial charge in [0.15, 0.2) is 0 Å². The standard InChI is InChI=1S/C13H17NO2/c1-2-16-13(15)11-6-5-10-4-3-9-14-12(10)8-7-11/h3-4,9,11H,2,5-8H2,1H3. The number of aromatic nitrogens is 1. The van der Waals surface area contributed by atoms with Gasteiger partial charge in [-0.2, -0.15) is 0 Å². The first-order valence-electron chi connectivity index (χ1n) is 5.90. The third-order valence-electron chi connectivity index (χ3n) is 3.10. The summed E-state index contributed by atoms with van der Waals surface area (Å²) < 4.78 is 5.08. The average Bonchev–Trinajstić information content (AvgIpc) is 2.51. The second kappa shape index (κ2) is 5.10. The molecular weight excluding hydrogens is 202 g/mol. The summed E-state index contributed by atoms with van der Waals surface area (Å²) in [5.74, 6) is 0.00413. The summed E-state index contributed by atoms with van der Waals surface area (Å²) in [7, 11) is 0. The quantitative estimate of drug-likeness (QED) is 0.565. The van der Waals surface area contributed by atoms with E-state index in [1.807, 2.05) is 19.2 Å². The third-order valence-corrected chi connectivity index (χ3v) is 3.10. The lowest BCUT2D eigenvalue weighted by Gasteiger charge is -2.11. The summed E-state index contributed by atoms with van der Waals surface area (Å²) in [6, 6.07) is 4.07. The zero-order valence-corrected chi connectivity index (χ0v) is 9.61. The molecule has 0 spiro atoms. The molecule has 1 aliphatic rings. The van der Waals surface area contributed by atoms with Gasteiger partial charge in [-0.25, -0.2) is 0 Å². The Bertz CT molecular complexity index is 349. The van der Waals surface area contributed by atoms with Gasteiger partial charge in [0.1, 0.15) is 0 Å². The van der Waals surface area contributed by atoms with Gasteiger partial charge in [-0.05, 0) is 44.2 Å². The predicted octanol–water partition coefficient (Wildman–Crippen LogP) is 2.14. The Hall–Kier alpha value is -1.38. The maximum atomic E-state index is 11.7. The number of nitrogens with zero attached hydrogens (tertiary/aromatic N) is 1. The first-order valence-corrected chi connectivity index (χ1v) is 5.90. The summed E-state index contributed by atoms with van der Waals surface area (Å²) >= 11 is 0. The van der Waals surface area contributed by atoms with Crippen LogP contribution in [-0.2, 0) is 22.4 Å². The molecule has 1 unspecified atom stereocenters. The normalized spacial score (nSPS) is 19.7. The molecule has 0 bridgehead atoms. The second-order valence-corrected chi connectivity index (χ2v) is 4.14. The number of carbonyl (C=O) groups is 1. The molecule has 0 aromatic carbocycles. The zero-order valence-electron chi connectivity index (χ0n) is 9.61. The number of esters is 1. The van der Waals surface area contributed by atoms with Crippen LogP contribution in [0, 0.1) is 5.92 Å². The fraction of sp³-hybridized carbons (Fsp3) is 0.538. The van der Waals surface area contributed by atoms with Crippen LogP contribution in [0.1, 0.15) is 31.0 Å². The SMILES string of the molecule is CCOC(=O)C1CCc2cccnc2CC1. The van der Waals surface area contributed by atoms with E-state index in [4.69, 9.17) is 4.74 Å². The van der Waals surface area contributed by atoms with Crippen LogP contribution in [0.15, 0.2) is 18.3 Å². The van der Waals surface area contributed by atoms with E-state index in [0.717, 1.165) is 31.4 Å². The molecule has 2 rings (SSSR count). The maximum Gasteiger partial charge on any atom is 0.308 e. The largest absolute Gasteiger partial charge is 0.466 e. The number of carbonyl (C=O) groups excluding carboxylic acids is 1. The van der Waals surface area contributed by atoms with Crippen LogP contribution < -0.4 is 0 Å². The molecule has 0 saturated heterocycles. The van der Waals surface area contributed by atoms with Crippen molar-refractivity contribution >= 4 is 5.97 Å². The summed E-state index contributed by atoms with van der Waals surface area (Å²) in [6.07, 6.45) is 5.40. The van der Waals surface area contributed by atoms with Gasteiger partial charge in [0, 0.05) is 11.9 Å². The lowest BCUT2D eigenvalue weighted by atomic mass is 10.00. The van der Waals surface area contributed by atoms with Gasteiger partial charge >= 0.3 is 5.97 Å². The van der Waals surface area contributed by atoms with Crippen molar-refractivity contribution < 1.29 is 9.53 Å². The fourth-order valence-corrected chi connectivity index (χ4v) is 2.20. The van der Waals surface area contributed by atoms with E-state index in [1.54, 1.807) is 0 Å². The lowest BCUT2D eigenvalue weighted by Crippen LogP contribution is -2.18. The van der Waals surface area contributed by atoms with Crippen molar-refractivity contribution in [3.05, 3.63) is 29.6 Å². The minimum atomic E-state index is -0.0460. The van der Waals surface area contributed by atoms with Crippen LogP contribution in [0.5, 0.6) is 0 Å². The summed E-state index contributed by atoms with van der Waals surface area (Å²) in [5, 5.41) is 0. The Kier molecular flexibility index (Phi) is 3.54. The molecular formula is C13H17NO2. The molecule has 1 aromatic rings. The van der Waals surface area contributed by atoms with Gasteiger partial charge in [-0.15, -0.1) is 0 Å². The molecule has 0 saturated carbocycles. The van der Waals surface area contributed by atoms with E-state index >= 15 is 0 Å². The number of hydrogen-bond acceptors (Lipinski definition) is 3. The molecule has 0 amide bonds.